The Balaban J connectivity index is 0.00000312. The molecule has 2 amide bonds. The summed E-state index contributed by atoms with van der Waals surface area (Å²) in [7, 11) is 0. The van der Waals surface area contributed by atoms with Crippen molar-refractivity contribution in [3.63, 3.8) is 0 Å². The number of thioether (sulfide) groups is 1. The van der Waals surface area contributed by atoms with Crippen molar-refractivity contribution in [2.75, 3.05) is 36.5 Å². The third kappa shape index (κ3) is 9.14. The van der Waals surface area contributed by atoms with Crippen LogP contribution in [0.3, 0.4) is 0 Å². The molecular weight excluding hydrogens is 358 g/mol. The number of benzene rings is 1. The Morgan fingerprint density at radius 2 is 1.92 bits per heavy atom. The van der Waals surface area contributed by atoms with Crippen LogP contribution in [0.25, 0.3) is 0 Å². The zero-order chi connectivity index (χ0) is 17.2. The van der Waals surface area contributed by atoms with Crippen LogP contribution >= 0.6 is 24.2 Å². The molecule has 0 radical (unpaired) electrons. The quantitative estimate of drug-likeness (QED) is 0.643. The van der Waals surface area contributed by atoms with Crippen molar-refractivity contribution in [2.24, 2.45) is 5.92 Å². The molecule has 0 spiro atoms. The molecular formula is C18H28ClN3O2S. The van der Waals surface area contributed by atoms with E-state index >= 15 is 0 Å². The van der Waals surface area contributed by atoms with Crippen LogP contribution in [0.5, 0.6) is 0 Å². The second-order valence-corrected chi connectivity index (χ2v) is 7.24. The molecule has 1 fully saturated rings. The minimum absolute atomic E-state index is 0. The molecule has 2 rings (SSSR count). The summed E-state index contributed by atoms with van der Waals surface area (Å²) in [5.41, 5.74) is 1.94. The molecule has 1 aromatic rings. The van der Waals surface area contributed by atoms with Crippen LogP contribution < -0.4 is 16.0 Å². The lowest BCUT2D eigenvalue weighted by atomic mass is 9.96. The third-order valence-electron chi connectivity index (χ3n) is 4.08. The van der Waals surface area contributed by atoms with E-state index in [-0.39, 0.29) is 30.0 Å². The molecule has 7 heteroatoms. The van der Waals surface area contributed by atoms with Gasteiger partial charge in [-0.2, -0.15) is 0 Å². The lowest BCUT2D eigenvalue weighted by molar-refractivity contribution is -0.118. The zero-order valence-corrected chi connectivity index (χ0v) is 16.3. The van der Waals surface area contributed by atoms with Gasteiger partial charge in [0.25, 0.3) is 0 Å². The first kappa shape index (κ1) is 21.8. The molecule has 1 aliphatic heterocycles. The monoisotopic (exact) mass is 385 g/mol. The lowest BCUT2D eigenvalue weighted by Crippen LogP contribution is -2.33. The number of rotatable bonds is 8. The molecule has 0 aliphatic carbocycles. The number of piperidine rings is 1. The van der Waals surface area contributed by atoms with Gasteiger partial charge in [-0.05, 0) is 57.3 Å². The predicted octanol–water partition coefficient (Wildman–Crippen LogP) is 2.59. The molecule has 1 aliphatic rings. The molecule has 1 aromatic carbocycles. The Morgan fingerprint density at radius 3 is 2.60 bits per heavy atom. The average Bonchev–Trinajstić information content (AvgIpc) is 2.58. The van der Waals surface area contributed by atoms with Crippen LogP contribution in [0.4, 0.5) is 5.69 Å². The molecule has 1 unspecified atom stereocenters. The van der Waals surface area contributed by atoms with E-state index in [2.05, 4.69) is 16.0 Å². The van der Waals surface area contributed by atoms with Gasteiger partial charge in [-0.15, -0.1) is 24.2 Å². The fraction of sp³-hybridized carbons (Fsp3) is 0.556. The molecule has 3 N–H and O–H groups in total. The highest BCUT2D eigenvalue weighted by Crippen LogP contribution is 2.13. The van der Waals surface area contributed by atoms with Gasteiger partial charge in [0.2, 0.25) is 11.8 Å². The maximum Gasteiger partial charge on any atom is 0.234 e. The summed E-state index contributed by atoms with van der Waals surface area (Å²) in [5.74, 6) is 1.21. The molecule has 1 heterocycles. The lowest BCUT2D eigenvalue weighted by Gasteiger charge is -2.22. The van der Waals surface area contributed by atoms with E-state index in [4.69, 9.17) is 0 Å². The Kier molecular flexibility index (Phi) is 10.6. The molecule has 1 atom stereocenters. The number of carbonyl (C=O) groups excluding carboxylic acids is 2. The average molecular weight is 386 g/mol. The standard InChI is InChI=1S/C18H27N3O2S.ClH/c1-14-4-6-16(7-5-14)21-18(23)13-24-12-17(22)20-10-8-15-3-2-9-19-11-15;/h4-7,15,19H,2-3,8-13H2,1H3,(H,20,22)(H,21,23);1H. The van der Waals surface area contributed by atoms with Gasteiger partial charge >= 0.3 is 0 Å². The van der Waals surface area contributed by atoms with Gasteiger partial charge < -0.3 is 16.0 Å². The van der Waals surface area contributed by atoms with Gasteiger partial charge in [0.05, 0.1) is 11.5 Å². The number of amides is 2. The summed E-state index contributed by atoms with van der Waals surface area (Å²) >= 11 is 1.34. The van der Waals surface area contributed by atoms with Gasteiger partial charge in [0.1, 0.15) is 0 Å². The molecule has 140 valence electrons. The Hall–Kier alpha value is -1.24. The fourth-order valence-electron chi connectivity index (χ4n) is 2.71. The van der Waals surface area contributed by atoms with Crippen LogP contribution in [0.2, 0.25) is 0 Å². The van der Waals surface area contributed by atoms with Crippen LogP contribution in [0, 0.1) is 12.8 Å². The number of nitrogens with one attached hydrogen (secondary N) is 3. The van der Waals surface area contributed by atoms with E-state index in [1.54, 1.807) is 0 Å². The number of anilines is 1. The van der Waals surface area contributed by atoms with Gasteiger partial charge in [-0.3, -0.25) is 9.59 Å². The second kappa shape index (κ2) is 12.2. The predicted molar refractivity (Wildman–Crippen MR) is 108 cm³/mol. The molecule has 0 aromatic heterocycles. The summed E-state index contributed by atoms with van der Waals surface area (Å²) in [6.45, 7) is 4.90. The smallest absolute Gasteiger partial charge is 0.234 e. The number of hydrogen-bond acceptors (Lipinski definition) is 4. The SMILES string of the molecule is Cc1ccc(NC(=O)CSCC(=O)NCCC2CCCNC2)cc1.Cl. The van der Waals surface area contributed by atoms with Gasteiger partial charge in [-0.1, -0.05) is 17.7 Å². The second-order valence-electron chi connectivity index (χ2n) is 6.26. The van der Waals surface area contributed by atoms with Crippen LogP contribution in [0.15, 0.2) is 24.3 Å². The maximum atomic E-state index is 11.8. The number of halogens is 1. The summed E-state index contributed by atoms with van der Waals surface area (Å²) in [6, 6.07) is 7.67. The highest BCUT2D eigenvalue weighted by molar-refractivity contribution is 8.00. The van der Waals surface area contributed by atoms with Crippen LogP contribution in [0.1, 0.15) is 24.8 Å². The summed E-state index contributed by atoms with van der Waals surface area (Å²) in [6.07, 6.45) is 3.50. The Bertz CT molecular complexity index is 534. The highest BCUT2D eigenvalue weighted by atomic mass is 35.5. The van der Waals surface area contributed by atoms with Crippen molar-refractivity contribution < 1.29 is 9.59 Å². The summed E-state index contributed by atoms with van der Waals surface area (Å²) in [5, 5.41) is 9.15. The normalized spacial score (nSPS) is 16.6. The summed E-state index contributed by atoms with van der Waals surface area (Å²) < 4.78 is 0. The van der Waals surface area contributed by atoms with E-state index in [1.807, 2.05) is 31.2 Å². The van der Waals surface area contributed by atoms with Gasteiger partial charge in [-0.25, -0.2) is 0 Å². The van der Waals surface area contributed by atoms with Crippen molar-refractivity contribution in [2.45, 2.75) is 26.2 Å². The first-order chi connectivity index (χ1) is 11.6. The van der Waals surface area contributed by atoms with E-state index in [1.165, 1.54) is 24.6 Å². The number of aryl methyl sites for hydroxylation is 1. The van der Waals surface area contributed by atoms with E-state index in [0.717, 1.165) is 37.3 Å². The minimum Gasteiger partial charge on any atom is -0.355 e. The Morgan fingerprint density at radius 1 is 1.20 bits per heavy atom. The fourth-order valence-corrected chi connectivity index (χ4v) is 3.35. The van der Waals surface area contributed by atoms with Crippen LogP contribution in [-0.4, -0.2) is 43.0 Å². The molecule has 5 nitrogen and oxygen atoms in total. The van der Waals surface area contributed by atoms with Crippen LogP contribution in [-0.2, 0) is 9.59 Å². The largest absolute Gasteiger partial charge is 0.355 e. The topological polar surface area (TPSA) is 70.2 Å². The van der Waals surface area contributed by atoms with Gasteiger partial charge in [0, 0.05) is 12.2 Å². The van der Waals surface area contributed by atoms with E-state index in [9.17, 15) is 9.59 Å². The van der Waals surface area contributed by atoms with Gasteiger partial charge in [0.15, 0.2) is 0 Å². The third-order valence-corrected chi connectivity index (χ3v) is 5.01. The Labute approximate surface area is 160 Å². The first-order valence-corrected chi connectivity index (χ1v) is 9.70. The summed E-state index contributed by atoms with van der Waals surface area (Å²) in [4.78, 5) is 23.6. The minimum atomic E-state index is -0.0788. The van der Waals surface area contributed by atoms with Crippen molar-refractivity contribution in [1.82, 2.24) is 10.6 Å². The van der Waals surface area contributed by atoms with Crippen molar-refractivity contribution in [3.8, 4) is 0 Å². The zero-order valence-electron chi connectivity index (χ0n) is 14.7. The number of carbonyl (C=O) groups is 2. The highest BCUT2D eigenvalue weighted by Gasteiger charge is 2.13. The molecule has 0 bridgehead atoms. The molecule has 0 saturated carbocycles. The van der Waals surface area contributed by atoms with Crippen molar-refractivity contribution >= 4 is 41.7 Å². The van der Waals surface area contributed by atoms with Crippen molar-refractivity contribution in [3.05, 3.63) is 29.8 Å². The van der Waals surface area contributed by atoms with E-state index < -0.39 is 0 Å². The molecule has 25 heavy (non-hydrogen) atoms. The van der Waals surface area contributed by atoms with E-state index in [0.29, 0.717) is 11.7 Å². The molecule has 1 saturated heterocycles. The maximum absolute atomic E-state index is 11.8. The van der Waals surface area contributed by atoms with Crippen molar-refractivity contribution in [1.29, 1.82) is 0 Å². The number of hydrogen-bond donors (Lipinski definition) is 3. The first-order valence-electron chi connectivity index (χ1n) is 8.55.